The molecule has 0 atom stereocenters. The highest BCUT2D eigenvalue weighted by Gasteiger charge is 2.24. The van der Waals surface area contributed by atoms with Crippen molar-refractivity contribution in [2.24, 2.45) is 0 Å². The SMILES string of the molecule is CCOC(=O)c1c(-c2ccc(Cl)cc2)csc1NC(=O)C(C#N)=Cc1ccccc1O. The molecule has 0 aliphatic rings. The molecule has 1 heterocycles. The number of carbonyl (C=O) groups excluding carboxylic acids is 2. The van der Waals surface area contributed by atoms with Crippen molar-refractivity contribution in [2.75, 3.05) is 11.9 Å². The van der Waals surface area contributed by atoms with Crippen LogP contribution in [0.2, 0.25) is 5.02 Å². The number of halogens is 1. The zero-order valence-corrected chi connectivity index (χ0v) is 18.0. The number of amides is 1. The van der Waals surface area contributed by atoms with Gasteiger partial charge in [0.05, 0.1) is 6.61 Å². The van der Waals surface area contributed by atoms with Crippen molar-refractivity contribution in [1.29, 1.82) is 5.26 Å². The molecule has 1 amide bonds. The van der Waals surface area contributed by atoms with Crippen LogP contribution < -0.4 is 5.32 Å². The van der Waals surface area contributed by atoms with E-state index in [0.29, 0.717) is 16.1 Å². The summed E-state index contributed by atoms with van der Waals surface area (Å²) < 4.78 is 5.17. The van der Waals surface area contributed by atoms with Crippen LogP contribution in [0.1, 0.15) is 22.8 Å². The Hall–Kier alpha value is -3.60. The second-order valence-electron chi connectivity index (χ2n) is 6.26. The summed E-state index contributed by atoms with van der Waals surface area (Å²) in [5, 5.41) is 24.5. The summed E-state index contributed by atoms with van der Waals surface area (Å²) in [6.07, 6.45) is 1.28. The van der Waals surface area contributed by atoms with E-state index in [2.05, 4.69) is 5.32 Å². The summed E-state index contributed by atoms with van der Waals surface area (Å²) in [6.45, 7) is 1.85. The minimum Gasteiger partial charge on any atom is -0.507 e. The molecule has 0 aliphatic carbocycles. The molecule has 156 valence electrons. The van der Waals surface area contributed by atoms with E-state index >= 15 is 0 Å². The first-order chi connectivity index (χ1) is 14.9. The van der Waals surface area contributed by atoms with Crippen molar-refractivity contribution in [3.05, 3.63) is 75.6 Å². The van der Waals surface area contributed by atoms with Crippen LogP contribution in [0, 0.1) is 11.3 Å². The Morgan fingerprint density at radius 2 is 1.94 bits per heavy atom. The summed E-state index contributed by atoms with van der Waals surface area (Å²) in [5.41, 5.74) is 1.61. The number of nitrogens with one attached hydrogen (secondary N) is 1. The number of hydrogen-bond acceptors (Lipinski definition) is 6. The second-order valence-corrected chi connectivity index (χ2v) is 7.58. The van der Waals surface area contributed by atoms with Gasteiger partial charge in [-0.15, -0.1) is 11.3 Å². The van der Waals surface area contributed by atoms with Gasteiger partial charge in [0.2, 0.25) is 0 Å². The van der Waals surface area contributed by atoms with Crippen molar-refractivity contribution in [2.45, 2.75) is 6.92 Å². The quantitative estimate of drug-likeness (QED) is 0.292. The van der Waals surface area contributed by atoms with Gasteiger partial charge in [-0.25, -0.2) is 4.79 Å². The van der Waals surface area contributed by atoms with Gasteiger partial charge in [0.1, 0.15) is 28.0 Å². The fourth-order valence-electron chi connectivity index (χ4n) is 2.78. The smallest absolute Gasteiger partial charge is 0.341 e. The van der Waals surface area contributed by atoms with E-state index in [1.54, 1.807) is 54.8 Å². The summed E-state index contributed by atoms with van der Waals surface area (Å²) in [5.74, 6) is -1.36. The van der Waals surface area contributed by atoms with E-state index in [4.69, 9.17) is 16.3 Å². The van der Waals surface area contributed by atoms with Crippen LogP contribution in [0.5, 0.6) is 5.75 Å². The second kappa shape index (κ2) is 9.94. The minimum atomic E-state index is -0.708. The average Bonchev–Trinajstić information content (AvgIpc) is 3.17. The molecule has 0 bridgehead atoms. The van der Waals surface area contributed by atoms with Crippen molar-refractivity contribution < 1.29 is 19.4 Å². The van der Waals surface area contributed by atoms with Crippen LogP contribution in [0.4, 0.5) is 5.00 Å². The zero-order chi connectivity index (χ0) is 22.4. The summed E-state index contributed by atoms with van der Waals surface area (Å²) in [4.78, 5) is 25.4. The van der Waals surface area contributed by atoms with E-state index in [1.807, 2.05) is 6.07 Å². The van der Waals surface area contributed by atoms with E-state index in [9.17, 15) is 20.0 Å². The Labute approximate surface area is 188 Å². The first-order valence-electron chi connectivity index (χ1n) is 9.20. The number of para-hydroxylation sites is 1. The van der Waals surface area contributed by atoms with Crippen molar-refractivity contribution >= 4 is 45.9 Å². The number of anilines is 1. The molecule has 1 aromatic heterocycles. The topological polar surface area (TPSA) is 99.4 Å². The first kappa shape index (κ1) is 22.1. The number of benzene rings is 2. The van der Waals surface area contributed by atoms with Crippen LogP contribution in [-0.2, 0) is 9.53 Å². The predicted molar refractivity (Wildman–Crippen MR) is 121 cm³/mol. The largest absolute Gasteiger partial charge is 0.507 e. The predicted octanol–water partition coefficient (Wildman–Crippen LogP) is 5.50. The molecular formula is C23H17ClN2O4S. The monoisotopic (exact) mass is 452 g/mol. The third-order valence-corrected chi connectivity index (χ3v) is 5.40. The highest BCUT2D eigenvalue weighted by atomic mass is 35.5. The lowest BCUT2D eigenvalue weighted by molar-refractivity contribution is -0.112. The molecule has 0 unspecified atom stereocenters. The molecular weight excluding hydrogens is 436 g/mol. The third kappa shape index (κ3) is 5.12. The maximum atomic E-state index is 12.7. The summed E-state index contributed by atoms with van der Waals surface area (Å²) in [6, 6.07) is 15.1. The Morgan fingerprint density at radius 1 is 1.23 bits per heavy atom. The molecule has 0 radical (unpaired) electrons. The highest BCUT2D eigenvalue weighted by molar-refractivity contribution is 7.15. The molecule has 8 heteroatoms. The molecule has 3 aromatic rings. The standard InChI is InChI=1S/C23H17ClN2O4S/c1-2-30-23(29)20-18(14-7-9-17(24)10-8-14)13-31-22(20)26-21(28)16(12-25)11-15-5-3-4-6-19(15)27/h3-11,13,27H,2H2,1H3,(H,26,28). The van der Waals surface area contributed by atoms with Gasteiger partial charge < -0.3 is 15.2 Å². The Bertz CT molecular complexity index is 1190. The molecule has 0 saturated carbocycles. The number of esters is 1. The van der Waals surface area contributed by atoms with Crippen molar-refractivity contribution in [3.8, 4) is 22.9 Å². The minimum absolute atomic E-state index is 0.0589. The number of nitriles is 1. The van der Waals surface area contributed by atoms with Gasteiger partial charge in [-0.05, 0) is 36.8 Å². The molecule has 0 fully saturated rings. The van der Waals surface area contributed by atoms with Gasteiger partial charge in [-0.3, -0.25) is 4.79 Å². The van der Waals surface area contributed by atoms with Crippen LogP contribution in [0.3, 0.4) is 0 Å². The van der Waals surface area contributed by atoms with Crippen LogP contribution in [-0.4, -0.2) is 23.6 Å². The van der Waals surface area contributed by atoms with E-state index in [-0.39, 0.29) is 28.5 Å². The lowest BCUT2D eigenvalue weighted by Gasteiger charge is -2.09. The number of hydrogen-bond donors (Lipinski definition) is 2. The van der Waals surface area contributed by atoms with Gasteiger partial charge in [-0.1, -0.05) is 41.9 Å². The summed E-state index contributed by atoms with van der Waals surface area (Å²) >= 11 is 7.10. The van der Waals surface area contributed by atoms with Crippen LogP contribution >= 0.6 is 22.9 Å². The molecule has 3 rings (SSSR count). The molecule has 0 saturated heterocycles. The number of ether oxygens (including phenoxy) is 1. The fourth-order valence-corrected chi connectivity index (χ4v) is 3.86. The third-order valence-electron chi connectivity index (χ3n) is 4.25. The van der Waals surface area contributed by atoms with Gasteiger partial charge in [0, 0.05) is 21.5 Å². The Kier molecular flexibility index (Phi) is 7.08. The van der Waals surface area contributed by atoms with Crippen LogP contribution in [0.25, 0.3) is 17.2 Å². The lowest BCUT2D eigenvalue weighted by Crippen LogP contribution is -2.16. The highest BCUT2D eigenvalue weighted by Crippen LogP contribution is 2.37. The normalized spacial score (nSPS) is 10.9. The molecule has 2 N–H and O–H groups in total. The van der Waals surface area contributed by atoms with Crippen molar-refractivity contribution in [1.82, 2.24) is 0 Å². The molecule has 2 aromatic carbocycles. The van der Waals surface area contributed by atoms with Gasteiger partial charge in [0.15, 0.2) is 0 Å². The number of nitrogens with zero attached hydrogens (tertiary/aromatic N) is 1. The zero-order valence-electron chi connectivity index (χ0n) is 16.4. The summed E-state index contributed by atoms with van der Waals surface area (Å²) in [7, 11) is 0. The maximum absolute atomic E-state index is 12.7. The average molecular weight is 453 g/mol. The number of carbonyl (C=O) groups is 2. The van der Waals surface area contributed by atoms with E-state index in [1.165, 1.54) is 12.1 Å². The van der Waals surface area contributed by atoms with Gasteiger partial charge >= 0.3 is 5.97 Å². The number of rotatable bonds is 6. The number of aromatic hydroxyl groups is 1. The lowest BCUT2D eigenvalue weighted by atomic mass is 10.0. The Balaban J connectivity index is 1.97. The molecule has 31 heavy (non-hydrogen) atoms. The first-order valence-corrected chi connectivity index (χ1v) is 10.5. The van der Waals surface area contributed by atoms with Gasteiger partial charge in [-0.2, -0.15) is 5.26 Å². The van der Waals surface area contributed by atoms with E-state index < -0.39 is 11.9 Å². The Morgan fingerprint density at radius 3 is 2.58 bits per heavy atom. The number of phenolic OH excluding ortho intramolecular Hbond substituents is 1. The molecule has 0 spiro atoms. The maximum Gasteiger partial charge on any atom is 0.341 e. The van der Waals surface area contributed by atoms with Crippen molar-refractivity contribution in [3.63, 3.8) is 0 Å². The molecule has 0 aliphatic heterocycles. The fraction of sp³-hybridized carbons (Fsp3) is 0.0870. The molecule has 6 nitrogen and oxygen atoms in total. The van der Waals surface area contributed by atoms with Crippen LogP contribution in [0.15, 0.2) is 59.5 Å². The number of phenols is 1. The number of thiophene rings is 1. The van der Waals surface area contributed by atoms with Gasteiger partial charge in [0.25, 0.3) is 5.91 Å². The van der Waals surface area contributed by atoms with E-state index in [0.717, 1.165) is 16.9 Å².